The third-order valence-electron chi connectivity index (χ3n) is 8.07. The van der Waals surface area contributed by atoms with Crippen LogP contribution >= 0.6 is 0 Å². The van der Waals surface area contributed by atoms with Gasteiger partial charge in [-0.15, -0.1) is 0 Å². The van der Waals surface area contributed by atoms with Gasteiger partial charge in [0.25, 0.3) is 5.91 Å². The molecule has 2 fully saturated rings. The van der Waals surface area contributed by atoms with Gasteiger partial charge in [-0.2, -0.15) is 0 Å². The molecule has 2 aliphatic heterocycles. The lowest BCUT2D eigenvalue weighted by Crippen LogP contribution is -2.50. The van der Waals surface area contributed by atoms with E-state index in [9.17, 15) is 9.59 Å². The summed E-state index contributed by atoms with van der Waals surface area (Å²) in [6.45, 7) is 5.05. The summed E-state index contributed by atoms with van der Waals surface area (Å²) >= 11 is 0. The maximum Gasteiger partial charge on any atom is 0.253 e. The van der Waals surface area contributed by atoms with Crippen LogP contribution in [0.1, 0.15) is 54.9 Å². The Kier molecular flexibility index (Phi) is 6.85. The molecule has 0 aliphatic carbocycles. The summed E-state index contributed by atoms with van der Waals surface area (Å²) in [6, 6.07) is 20.0. The highest BCUT2D eigenvalue weighted by molar-refractivity contribution is 5.94. The van der Waals surface area contributed by atoms with Gasteiger partial charge in [-0.25, -0.2) is 0 Å². The molecule has 3 heterocycles. The Morgan fingerprint density at radius 3 is 2.49 bits per heavy atom. The first-order valence-corrected chi connectivity index (χ1v) is 13.0. The summed E-state index contributed by atoms with van der Waals surface area (Å²) in [6.07, 6.45) is 7.59. The van der Waals surface area contributed by atoms with Gasteiger partial charge in [-0.1, -0.05) is 43.3 Å². The molecule has 0 N–H and O–H groups in total. The highest BCUT2D eigenvalue weighted by atomic mass is 16.2. The predicted octanol–water partition coefficient (Wildman–Crippen LogP) is 5.35. The number of nitrogens with zero attached hydrogens (tertiary/aromatic N) is 3. The number of carbonyl (C=O) groups excluding carboxylic acids is 2. The summed E-state index contributed by atoms with van der Waals surface area (Å²) in [5.74, 6) is 0.928. The van der Waals surface area contributed by atoms with Crippen LogP contribution in [-0.2, 0) is 11.2 Å². The Morgan fingerprint density at radius 1 is 0.886 bits per heavy atom. The van der Waals surface area contributed by atoms with Crippen LogP contribution in [0.5, 0.6) is 0 Å². The quantitative estimate of drug-likeness (QED) is 0.518. The monoisotopic (exact) mass is 469 g/mol. The van der Waals surface area contributed by atoms with E-state index < -0.39 is 0 Å². The van der Waals surface area contributed by atoms with Crippen LogP contribution in [0.3, 0.4) is 0 Å². The molecule has 5 nitrogen and oxygen atoms in total. The molecule has 0 radical (unpaired) electrons. The highest BCUT2D eigenvalue weighted by Crippen LogP contribution is 2.35. The third kappa shape index (κ3) is 5.09. The van der Waals surface area contributed by atoms with Crippen LogP contribution in [-0.4, -0.2) is 52.8 Å². The molecule has 0 spiro atoms. The van der Waals surface area contributed by atoms with E-state index in [0.29, 0.717) is 19.0 Å². The minimum absolute atomic E-state index is 0.0707. The van der Waals surface area contributed by atoms with Gasteiger partial charge in [0.15, 0.2) is 0 Å². The number of likely N-dealkylation sites (tertiary alicyclic amines) is 2. The standard InChI is InChI=1S/C30H35N3O2/c1-30(15-20-32(21-16-30)28(34)24-9-3-2-4-10-24)29(35)33-18-7-8-23(14-19-33)22-25-11-5-13-27-26(25)12-6-17-31-27/h2-6,9-13,17,23H,7-8,14-16,18-22H2,1H3/t23-/m1/s1. The molecule has 3 aromatic rings. The van der Waals surface area contributed by atoms with Gasteiger partial charge >= 0.3 is 0 Å². The van der Waals surface area contributed by atoms with Gasteiger partial charge in [0.2, 0.25) is 5.91 Å². The lowest BCUT2D eigenvalue weighted by atomic mass is 9.78. The summed E-state index contributed by atoms with van der Waals surface area (Å²) in [7, 11) is 0. The molecule has 2 aromatic carbocycles. The fraction of sp³-hybridized carbons (Fsp3) is 0.433. The van der Waals surface area contributed by atoms with Crippen molar-refractivity contribution < 1.29 is 9.59 Å². The van der Waals surface area contributed by atoms with Crippen LogP contribution in [0.4, 0.5) is 0 Å². The number of amides is 2. The number of pyridine rings is 1. The second-order valence-electron chi connectivity index (χ2n) is 10.5. The minimum Gasteiger partial charge on any atom is -0.342 e. The maximum atomic E-state index is 13.6. The average molecular weight is 470 g/mol. The summed E-state index contributed by atoms with van der Waals surface area (Å²) in [5, 5.41) is 1.25. The number of rotatable bonds is 4. The number of hydrogen-bond donors (Lipinski definition) is 0. The number of carbonyl (C=O) groups is 2. The zero-order chi connectivity index (χ0) is 24.3. The first kappa shape index (κ1) is 23.5. The normalized spacial score (nSPS) is 20.4. The molecule has 0 bridgehead atoms. The van der Waals surface area contributed by atoms with E-state index in [0.717, 1.165) is 62.7 Å². The van der Waals surface area contributed by atoms with Crippen LogP contribution in [0.25, 0.3) is 10.9 Å². The predicted molar refractivity (Wildman–Crippen MR) is 139 cm³/mol. The Bertz CT molecular complexity index is 1180. The topological polar surface area (TPSA) is 53.5 Å². The van der Waals surface area contributed by atoms with Gasteiger partial charge in [0.1, 0.15) is 0 Å². The Morgan fingerprint density at radius 2 is 1.69 bits per heavy atom. The van der Waals surface area contributed by atoms with Crippen LogP contribution in [0.15, 0.2) is 66.9 Å². The van der Waals surface area contributed by atoms with Gasteiger partial charge in [0, 0.05) is 48.7 Å². The molecule has 5 rings (SSSR count). The number of piperidine rings is 1. The van der Waals surface area contributed by atoms with Crippen LogP contribution in [0.2, 0.25) is 0 Å². The van der Waals surface area contributed by atoms with Crippen molar-refractivity contribution in [2.45, 2.75) is 45.4 Å². The van der Waals surface area contributed by atoms with Gasteiger partial charge in [-0.3, -0.25) is 14.6 Å². The molecule has 2 aliphatic rings. The summed E-state index contributed by atoms with van der Waals surface area (Å²) < 4.78 is 0. The summed E-state index contributed by atoms with van der Waals surface area (Å²) in [4.78, 5) is 35.0. The minimum atomic E-state index is -0.380. The van der Waals surface area contributed by atoms with Crippen molar-refractivity contribution in [2.75, 3.05) is 26.2 Å². The van der Waals surface area contributed by atoms with Crippen molar-refractivity contribution in [1.29, 1.82) is 0 Å². The smallest absolute Gasteiger partial charge is 0.253 e. The average Bonchev–Trinajstić information content (AvgIpc) is 3.14. The Hall–Kier alpha value is -3.21. The number of fused-ring (bicyclic) bond motifs is 1. The Labute approximate surface area is 208 Å². The molecule has 0 saturated carbocycles. The van der Waals surface area contributed by atoms with Crippen LogP contribution in [0, 0.1) is 11.3 Å². The van der Waals surface area contributed by atoms with Crippen molar-refractivity contribution in [3.05, 3.63) is 78.0 Å². The largest absolute Gasteiger partial charge is 0.342 e. The molecular formula is C30H35N3O2. The molecule has 0 unspecified atom stereocenters. The van der Waals surface area contributed by atoms with E-state index in [4.69, 9.17) is 0 Å². The van der Waals surface area contributed by atoms with Gasteiger partial charge < -0.3 is 9.80 Å². The van der Waals surface area contributed by atoms with E-state index in [1.807, 2.05) is 47.5 Å². The van der Waals surface area contributed by atoms with E-state index in [2.05, 4.69) is 41.1 Å². The maximum absolute atomic E-state index is 13.6. The SMILES string of the molecule is CC1(C(=O)N2CCC[C@@H](Cc3cccc4ncccc34)CC2)CCN(C(=O)c2ccccc2)CC1. The molecular weight excluding hydrogens is 434 g/mol. The zero-order valence-corrected chi connectivity index (χ0v) is 20.7. The van der Waals surface area contributed by atoms with Crippen molar-refractivity contribution in [2.24, 2.45) is 11.3 Å². The van der Waals surface area contributed by atoms with Gasteiger partial charge in [-0.05, 0) is 74.3 Å². The summed E-state index contributed by atoms with van der Waals surface area (Å²) in [5.41, 5.74) is 2.76. The molecule has 2 amide bonds. The zero-order valence-electron chi connectivity index (χ0n) is 20.7. The van der Waals surface area contributed by atoms with E-state index in [-0.39, 0.29) is 17.2 Å². The highest BCUT2D eigenvalue weighted by Gasteiger charge is 2.41. The van der Waals surface area contributed by atoms with Crippen molar-refractivity contribution in [1.82, 2.24) is 14.8 Å². The molecule has 1 atom stereocenters. The van der Waals surface area contributed by atoms with E-state index in [1.165, 1.54) is 10.9 Å². The molecule has 35 heavy (non-hydrogen) atoms. The second kappa shape index (κ2) is 10.2. The van der Waals surface area contributed by atoms with E-state index >= 15 is 0 Å². The lowest BCUT2D eigenvalue weighted by Gasteiger charge is -2.41. The number of hydrogen-bond acceptors (Lipinski definition) is 3. The third-order valence-corrected chi connectivity index (χ3v) is 8.07. The number of benzene rings is 2. The Balaban J connectivity index is 1.18. The van der Waals surface area contributed by atoms with Crippen molar-refractivity contribution in [3.63, 3.8) is 0 Å². The molecule has 1 aromatic heterocycles. The van der Waals surface area contributed by atoms with Crippen molar-refractivity contribution >= 4 is 22.7 Å². The lowest BCUT2D eigenvalue weighted by molar-refractivity contribution is -0.143. The van der Waals surface area contributed by atoms with E-state index in [1.54, 1.807) is 0 Å². The first-order valence-electron chi connectivity index (χ1n) is 13.0. The molecule has 5 heteroatoms. The fourth-order valence-corrected chi connectivity index (χ4v) is 5.79. The fourth-order valence-electron chi connectivity index (χ4n) is 5.79. The van der Waals surface area contributed by atoms with Crippen LogP contribution < -0.4 is 0 Å². The first-order chi connectivity index (χ1) is 17.0. The van der Waals surface area contributed by atoms with Gasteiger partial charge in [0.05, 0.1) is 5.52 Å². The molecule has 182 valence electrons. The number of aromatic nitrogens is 1. The molecule has 2 saturated heterocycles. The van der Waals surface area contributed by atoms with Crippen molar-refractivity contribution in [3.8, 4) is 0 Å². The second-order valence-corrected chi connectivity index (χ2v) is 10.5.